The van der Waals surface area contributed by atoms with Crippen LogP contribution in [-0.4, -0.2) is 31.2 Å². The van der Waals surface area contributed by atoms with Gasteiger partial charge in [-0.2, -0.15) is 0 Å². The first-order valence-corrected chi connectivity index (χ1v) is 7.17. The maximum absolute atomic E-state index is 13.0. The summed E-state index contributed by atoms with van der Waals surface area (Å²) in [4.78, 5) is 8.93. The number of nitrogens with two attached hydrogens (primary N) is 1. The highest BCUT2D eigenvalue weighted by molar-refractivity contribution is 5.51. The average Bonchev–Trinajstić information content (AvgIpc) is 2.56. The van der Waals surface area contributed by atoms with Gasteiger partial charge in [0.1, 0.15) is 5.82 Å². The number of aromatic nitrogens is 1. The molecule has 2 N–H and O–H groups in total. The third-order valence-electron chi connectivity index (χ3n) is 3.85. The Bertz CT molecular complexity index is 574. The number of anilines is 2. The molecule has 1 fully saturated rings. The Morgan fingerprint density at radius 2 is 1.48 bits per heavy atom. The predicted molar refractivity (Wildman–Crippen MR) is 83.0 cm³/mol. The lowest BCUT2D eigenvalue weighted by molar-refractivity contribution is 0.624. The number of benzene rings is 1. The minimum Gasteiger partial charge on any atom is -0.368 e. The highest BCUT2D eigenvalue weighted by atomic mass is 19.1. The first-order chi connectivity index (χ1) is 10.3. The fourth-order valence-electron chi connectivity index (χ4n) is 2.60. The second kappa shape index (κ2) is 6.10. The van der Waals surface area contributed by atoms with E-state index in [9.17, 15) is 4.39 Å². The number of hydrogen-bond acceptors (Lipinski definition) is 4. The summed E-state index contributed by atoms with van der Waals surface area (Å²) >= 11 is 0. The lowest BCUT2D eigenvalue weighted by atomic mass is 10.2. The molecule has 1 aliphatic rings. The van der Waals surface area contributed by atoms with Gasteiger partial charge in [-0.15, -0.1) is 0 Å². The van der Waals surface area contributed by atoms with Crippen molar-refractivity contribution < 1.29 is 4.39 Å². The SMILES string of the molecule is NCc1ccc(N2CCN(c3ccc(F)cc3)CC2)cn1. The first-order valence-electron chi connectivity index (χ1n) is 7.17. The Hall–Kier alpha value is -2.14. The molecular formula is C16H19FN4. The Morgan fingerprint density at radius 1 is 0.905 bits per heavy atom. The monoisotopic (exact) mass is 286 g/mol. The smallest absolute Gasteiger partial charge is 0.123 e. The van der Waals surface area contributed by atoms with E-state index in [1.165, 1.54) is 12.1 Å². The maximum Gasteiger partial charge on any atom is 0.123 e. The molecule has 0 atom stereocenters. The fraction of sp³-hybridized carbons (Fsp3) is 0.312. The summed E-state index contributed by atoms with van der Waals surface area (Å²) in [5.41, 5.74) is 8.68. The zero-order valence-corrected chi connectivity index (χ0v) is 11.9. The van der Waals surface area contributed by atoms with Crippen LogP contribution < -0.4 is 15.5 Å². The quantitative estimate of drug-likeness (QED) is 0.937. The summed E-state index contributed by atoms with van der Waals surface area (Å²) in [5.74, 6) is -0.191. The molecular weight excluding hydrogens is 267 g/mol. The predicted octanol–water partition coefficient (Wildman–Crippen LogP) is 2.01. The first kappa shape index (κ1) is 13.8. The molecule has 1 aliphatic heterocycles. The van der Waals surface area contributed by atoms with Crippen molar-refractivity contribution in [3.05, 3.63) is 54.1 Å². The van der Waals surface area contributed by atoms with Crippen molar-refractivity contribution in [2.45, 2.75) is 6.54 Å². The summed E-state index contributed by atoms with van der Waals surface area (Å²) in [6.07, 6.45) is 1.88. The van der Waals surface area contributed by atoms with Crippen LogP contribution >= 0.6 is 0 Å². The van der Waals surface area contributed by atoms with Gasteiger partial charge in [0.05, 0.1) is 17.6 Å². The molecule has 5 heteroatoms. The van der Waals surface area contributed by atoms with Gasteiger partial charge >= 0.3 is 0 Å². The van der Waals surface area contributed by atoms with E-state index in [0.29, 0.717) is 6.54 Å². The zero-order chi connectivity index (χ0) is 14.7. The molecule has 2 heterocycles. The number of hydrogen-bond donors (Lipinski definition) is 1. The van der Waals surface area contributed by atoms with Crippen molar-refractivity contribution >= 4 is 11.4 Å². The zero-order valence-electron chi connectivity index (χ0n) is 11.9. The third-order valence-corrected chi connectivity index (χ3v) is 3.85. The van der Waals surface area contributed by atoms with Crippen LogP contribution in [-0.2, 0) is 6.54 Å². The lowest BCUT2D eigenvalue weighted by Crippen LogP contribution is -2.46. The molecule has 2 aromatic rings. The normalized spacial score (nSPS) is 15.3. The van der Waals surface area contributed by atoms with Crippen LogP contribution in [0.3, 0.4) is 0 Å². The van der Waals surface area contributed by atoms with E-state index in [-0.39, 0.29) is 5.82 Å². The minimum atomic E-state index is -0.191. The van der Waals surface area contributed by atoms with E-state index in [0.717, 1.165) is 43.2 Å². The van der Waals surface area contributed by atoms with Gasteiger partial charge in [-0.3, -0.25) is 4.98 Å². The molecule has 1 aromatic carbocycles. The molecule has 0 saturated carbocycles. The molecule has 3 rings (SSSR count). The van der Waals surface area contributed by atoms with Gasteiger partial charge in [-0.1, -0.05) is 0 Å². The summed E-state index contributed by atoms with van der Waals surface area (Å²) in [6, 6.07) is 10.7. The molecule has 0 bridgehead atoms. The second-order valence-corrected chi connectivity index (χ2v) is 5.16. The molecule has 21 heavy (non-hydrogen) atoms. The van der Waals surface area contributed by atoms with Gasteiger partial charge in [0.25, 0.3) is 0 Å². The van der Waals surface area contributed by atoms with E-state index in [1.54, 1.807) is 0 Å². The Labute approximate surface area is 124 Å². The maximum atomic E-state index is 13.0. The highest BCUT2D eigenvalue weighted by Gasteiger charge is 2.17. The number of halogens is 1. The average molecular weight is 286 g/mol. The summed E-state index contributed by atoms with van der Waals surface area (Å²) in [6.45, 7) is 4.18. The largest absolute Gasteiger partial charge is 0.368 e. The van der Waals surface area contributed by atoms with Crippen molar-refractivity contribution in [2.24, 2.45) is 5.73 Å². The number of rotatable bonds is 3. The van der Waals surface area contributed by atoms with Crippen LogP contribution in [0.25, 0.3) is 0 Å². The van der Waals surface area contributed by atoms with Crippen LogP contribution in [0.4, 0.5) is 15.8 Å². The van der Waals surface area contributed by atoms with Crippen molar-refractivity contribution in [1.29, 1.82) is 0 Å². The van der Waals surface area contributed by atoms with E-state index in [1.807, 2.05) is 24.4 Å². The summed E-state index contributed by atoms with van der Waals surface area (Å²) in [7, 11) is 0. The molecule has 4 nitrogen and oxygen atoms in total. The Balaban J connectivity index is 1.62. The van der Waals surface area contributed by atoms with Gasteiger partial charge in [-0.25, -0.2) is 4.39 Å². The summed E-state index contributed by atoms with van der Waals surface area (Å²) in [5, 5.41) is 0. The van der Waals surface area contributed by atoms with E-state index in [4.69, 9.17) is 5.73 Å². The molecule has 0 spiro atoms. The summed E-state index contributed by atoms with van der Waals surface area (Å²) < 4.78 is 13.0. The third kappa shape index (κ3) is 3.13. The van der Waals surface area contributed by atoms with Crippen molar-refractivity contribution in [3.63, 3.8) is 0 Å². The molecule has 0 amide bonds. The number of piperazine rings is 1. The van der Waals surface area contributed by atoms with Crippen LogP contribution in [0.2, 0.25) is 0 Å². The second-order valence-electron chi connectivity index (χ2n) is 5.16. The van der Waals surface area contributed by atoms with Crippen molar-refractivity contribution in [1.82, 2.24) is 4.98 Å². The van der Waals surface area contributed by atoms with E-state index in [2.05, 4.69) is 20.9 Å². The molecule has 1 saturated heterocycles. The van der Waals surface area contributed by atoms with Gasteiger partial charge < -0.3 is 15.5 Å². The van der Waals surface area contributed by atoms with Crippen LogP contribution in [0.1, 0.15) is 5.69 Å². The number of nitrogens with zero attached hydrogens (tertiary/aromatic N) is 3. The van der Waals surface area contributed by atoms with E-state index >= 15 is 0 Å². The molecule has 0 unspecified atom stereocenters. The van der Waals surface area contributed by atoms with Crippen molar-refractivity contribution in [2.75, 3.05) is 36.0 Å². The topological polar surface area (TPSA) is 45.4 Å². The van der Waals surface area contributed by atoms with Gasteiger partial charge in [0.15, 0.2) is 0 Å². The van der Waals surface area contributed by atoms with Gasteiger partial charge in [-0.05, 0) is 36.4 Å². The Kier molecular flexibility index (Phi) is 4.01. The van der Waals surface area contributed by atoms with Crippen LogP contribution in [0, 0.1) is 5.82 Å². The van der Waals surface area contributed by atoms with Gasteiger partial charge in [0, 0.05) is 38.4 Å². The number of pyridine rings is 1. The standard InChI is InChI=1S/C16H19FN4/c17-13-1-4-15(5-2-13)20-7-9-21(10-8-20)16-6-3-14(11-18)19-12-16/h1-6,12H,7-11,18H2. The van der Waals surface area contributed by atoms with Crippen molar-refractivity contribution in [3.8, 4) is 0 Å². The lowest BCUT2D eigenvalue weighted by Gasteiger charge is -2.37. The van der Waals surface area contributed by atoms with E-state index < -0.39 is 0 Å². The van der Waals surface area contributed by atoms with Crippen LogP contribution in [0.15, 0.2) is 42.6 Å². The molecule has 110 valence electrons. The minimum absolute atomic E-state index is 0.191. The van der Waals surface area contributed by atoms with Gasteiger partial charge in [0.2, 0.25) is 0 Å². The highest BCUT2D eigenvalue weighted by Crippen LogP contribution is 2.20. The molecule has 0 aliphatic carbocycles. The Morgan fingerprint density at radius 3 is 2.00 bits per heavy atom. The molecule has 1 aromatic heterocycles. The fourth-order valence-corrected chi connectivity index (χ4v) is 2.60. The van der Waals surface area contributed by atoms with Crippen LogP contribution in [0.5, 0.6) is 0 Å². The molecule has 0 radical (unpaired) electrons.